The highest BCUT2D eigenvalue weighted by Crippen LogP contribution is 2.41. The number of carbonyl (C=O) groups is 1. The van der Waals surface area contributed by atoms with Gasteiger partial charge in [-0.25, -0.2) is 0 Å². The van der Waals surface area contributed by atoms with Crippen molar-refractivity contribution in [2.24, 2.45) is 10.9 Å². The third-order valence-corrected chi connectivity index (χ3v) is 4.70. The molecule has 0 radical (unpaired) electrons. The van der Waals surface area contributed by atoms with Crippen LogP contribution in [-0.2, 0) is 4.79 Å². The monoisotopic (exact) mass is 272 g/mol. The minimum atomic E-state index is 0.152. The summed E-state index contributed by atoms with van der Waals surface area (Å²) in [6.07, 6.45) is 2.71. The van der Waals surface area contributed by atoms with Crippen LogP contribution in [0.15, 0.2) is 27.7 Å². The maximum atomic E-state index is 12.4. The summed E-state index contributed by atoms with van der Waals surface area (Å²) in [7, 11) is 0. The third kappa shape index (κ3) is 1.55. The van der Waals surface area contributed by atoms with Crippen LogP contribution in [0.2, 0.25) is 0 Å². The van der Waals surface area contributed by atoms with Crippen LogP contribution in [0.1, 0.15) is 26.2 Å². The van der Waals surface area contributed by atoms with Crippen molar-refractivity contribution in [3.8, 4) is 0 Å². The van der Waals surface area contributed by atoms with E-state index in [0.29, 0.717) is 12.2 Å². The van der Waals surface area contributed by atoms with Crippen LogP contribution in [0.4, 0.5) is 0 Å². The van der Waals surface area contributed by atoms with Crippen LogP contribution < -0.4 is 10.6 Å². The maximum absolute atomic E-state index is 12.4. The standard InChI is InChI=1S/C15H20N4O/c1-9-12-10(3-2-4-11(12)20)19-8-7-18-15(19)13(9)14-16-5-6-17-14/h9,16-17H,2-8H2,1H3. The molecule has 5 heteroatoms. The number of hydrogen-bond acceptors (Lipinski definition) is 5. The molecule has 2 N–H and O–H groups in total. The van der Waals surface area contributed by atoms with Gasteiger partial charge < -0.3 is 15.5 Å². The Morgan fingerprint density at radius 1 is 1.20 bits per heavy atom. The molecule has 20 heavy (non-hydrogen) atoms. The summed E-state index contributed by atoms with van der Waals surface area (Å²) in [6, 6.07) is 0. The van der Waals surface area contributed by atoms with Gasteiger partial charge in [0.15, 0.2) is 5.78 Å². The second-order valence-electron chi connectivity index (χ2n) is 5.86. The van der Waals surface area contributed by atoms with E-state index in [0.717, 1.165) is 56.3 Å². The van der Waals surface area contributed by atoms with Crippen molar-refractivity contribution in [2.45, 2.75) is 26.2 Å². The van der Waals surface area contributed by atoms with Gasteiger partial charge in [0.1, 0.15) is 11.7 Å². The topological polar surface area (TPSA) is 56.7 Å². The number of allylic oxidation sites excluding steroid dienone is 2. The molecular formula is C15H20N4O. The van der Waals surface area contributed by atoms with Crippen LogP contribution >= 0.6 is 0 Å². The first-order valence-corrected chi connectivity index (χ1v) is 7.58. The van der Waals surface area contributed by atoms with Crippen LogP contribution in [0.25, 0.3) is 0 Å². The van der Waals surface area contributed by atoms with Crippen LogP contribution in [0, 0.1) is 5.92 Å². The number of ketones is 1. The smallest absolute Gasteiger partial charge is 0.161 e. The molecule has 0 saturated carbocycles. The lowest BCUT2D eigenvalue weighted by molar-refractivity contribution is -0.116. The van der Waals surface area contributed by atoms with E-state index in [2.05, 4.69) is 22.5 Å². The Kier molecular flexibility index (Phi) is 2.62. The first-order chi connectivity index (χ1) is 9.77. The number of rotatable bonds is 0. The number of nitrogens with one attached hydrogen (secondary N) is 2. The Morgan fingerprint density at radius 3 is 2.80 bits per heavy atom. The molecule has 0 aromatic carbocycles. The Balaban J connectivity index is 1.89. The minimum Gasteiger partial charge on any atom is -0.370 e. The highest BCUT2D eigenvalue weighted by atomic mass is 16.1. The number of amidine groups is 1. The molecule has 4 aliphatic rings. The number of aliphatic imine (C=N–C) groups is 1. The zero-order valence-corrected chi connectivity index (χ0v) is 11.8. The van der Waals surface area contributed by atoms with Crippen molar-refractivity contribution >= 4 is 11.6 Å². The van der Waals surface area contributed by atoms with Crippen LogP contribution in [0.5, 0.6) is 0 Å². The highest BCUT2D eigenvalue weighted by Gasteiger charge is 2.41. The summed E-state index contributed by atoms with van der Waals surface area (Å²) in [5, 5.41) is 6.81. The molecule has 1 atom stereocenters. The van der Waals surface area contributed by atoms with Gasteiger partial charge in [-0.1, -0.05) is 6.92 Å². The molecule has 1 aliphatic carbocycles. The van der Waals surface area contributed by atoms with E-state index in [4.69, 9.17) is 4.99 Å². The summed E-state index contributed by atoms with van der Waals surface area (Å²) in [5.41, 5.74) is 3.47. The molecule has 0 spiro atoms. The summed E-state index contributed by atoms with van der Waals surface area (Å²) in [6.45, 7) is 5.80. The molecule has 0 amide bonds. The van der Waals surface area contributed by atoms with Crippen molar-refractivity contribution in [3.63, 3.8) is 0 Å². The van der Waals surface area contributed by atoms with E-state index in [1.807, 2.05) is 0 Å². The zero-order chi connectivity index (χ0) is 13.7. The summed E-state index contributed by atoms with van der Waals surface area (Å²) in [4.78, 5) is 19.4. The second kappa shape index (κ2) is 4.36. The van der Waals surface area contributed by atoms with Gasteiger partial charge in [0.2, 0.25) is 0 Å². The summed E-state index contributed by atoms with van der Waals surface area (Å²) in [5.74, 6) is 2.65. The normalized spacial score (nSPS) is 29.1. The van der Waals surface area contributed by atoms with E-state index >= 15 is 0 Å². The fourth-order valence-corrected chi connectivity index (χ4v) is 3.85. The van der Waals surface area contributed by atoms with Crippen molar-refractivity contribution in [2.75, 3.05) is 26.2 Å². The SMILES string of the molecule is CC1C(=C2NCCN2)C2=NCCN2C2=C1C(=O)CCC2. The lowest BCUT2D eigenvalue weighted by Gasteiger charge is -2.38. The molecule has 3 heterocycles. The summed E-state index contributed by atoms with van der Waals surface area (Å²) < 4.78 is 0. The van der Waals surface area contributed by atoms with Gasteiger partial charge in [0.25, 0.3) is 0 Å². The van der Waals surface area contributed by atoms with Gasteiger partial charge in [-0.05, 0) is 12.8 Å². The van der Waals surface area contributed by atoms with Gasteiger partial charge in [0.05, 0.1) is 6.54 Å². The van der Waals surface area contributed by atoms with Crippen molar-refractivity contribution < 1.29 is 4.79 Å². The largest absolute Gasteiger partial charge is 0.370 e. The molecule has 0 aromatic rings. The second-order valence-corrected chi connectivity index (χ2v) is 5.86. The molecule has 106 valence electrons. The predicted molar refractivity (Wildman–Crippen MR) is 77.1 cm³/mol. The predicted octanol–water partition coefficient (Wildman–Crippen LogP) is 0.762. The van der Waals surface area contributed by atoms with E-state index < -0.39 is 0 Å². The maximum Gasteiger partial charge on any atom is 0.161 e. The van der Waals surface area contributed by atoms with Crippen LogP contribution in [0.3, 0.4) is 0 Å². The van der Waals surface area contributed by atoms with Crippen molar-refractivity contribution in [1.82, 2.24) is 15.5 Å². The summed E-state index contributed by atoms with van der Waals surface area (Å²) >= 11 is 0. The number of nitrogens with zero attached hydrogens (tertiary/aromatic N) is 2. The molecular weight excluding hydrogens is 252 g/mol. The van der Waals surface area contributed by atoms with E-state index in [1.54, 1.807) is 0 Å². The lowest BCUT2D eigenvalue weighted by Crippen LogP contribution is -2.42. The molecule has 1 unspecified atom stereocenters. The molecule has 0 bridgehead atoms. The molecule has 3 aliphatic heterocycles. The number of hydrogen-bond donors (Lipinski definition) is 2. The van der Waals surface area contributed by atoms with Crippen molar-refractivity contribution in [1.29, 1.82) is 0 Å². The van der Waals surface area contributed by atoms with E-state index in [1.165, 1.54) is 11.3 Å². The number of fused-ring (bicyclic) bond motifs is 2. The Labute approximate surface area is 118 Å². The van der Waals surface area contributed by atoms with Gasteiger partial charge in [-0.3, -0.25) is 9.79 Å². The first-order valence-electron chi connectivity index (χ1n) is 7.58. The van der Waals surface area contributed by atoms with Crippen molar-refractivity contribution in [3.05, 3.63) is 22.7 Å². The molecule has 4 rings (SSSR count). The average Bonchev–Trinajstić information content (AvgIpc) is 3.09. The quantitative estimate of drug-likeness (QED) is 0.683. The van der Waals surface area contributed by atoms with Crippen LogP contribution in [-0.4, -0.2) is 42.7 Å². The average molecular weight is 272 g/mol. The number of carbonyl (C=O) groups excluding carboxylic acids is 1. The Bertz CT molecular complexity index is 564. The highest BCUT2D eigenvalue weighted by molar-refractivity contribution is 6.09. The third-order valence-electron chi connectivity index (χ3n) is 4.70. The Hall–Kier alpha value is -1.78. The number of Topliss-reactive ketones (excluding diaryl/α,β-unsaturated/α-hetero) is 1. The lowest BCUT2D eigenvalue weighted by atomic mass is 9.79. The first kappa shape index (κ1) is 12.0. The molecule has 1 fully saturated rings. The zero-order valence-electron chi connectivity index (χ0n) is 11.8. The Morgan fingerprint density at radius 2 is 2.00 bits per heavy atom. The fraction of sp³-hybridized carbons (Fsp3) is 0.600. The fourth-order valence-electron chi connectivity index (χ4n) is 3.85. The van der Waals surface area contributed by atoms with Gasteiger partial charge >= 0.3 is 0 Å². The molecule has 0 aromatic heterocycles. The molecule has 5 nitrogen and oxygen atoms in total. The van der Waals surface area contributed by atoms with E-state index in [9.17, 15) is 4.79 Å². The van der Waals surface area contributed by atoms with Gasteiger partial charge in [-0.15, -0.1) is 0 Å². The van der Waals surface area contributed by atoms with Gasteiger partial charge in [-0.2, -0.15) is 0 Å². The van der Waals surface area contributed by atoms with E-state index in [-0.39, 0.29) is 5.92 Å². The minimum absolute atomic E-state index is 0.152. The van der Waals surface area contributed by atoms with Gasteiger partial charge in [0, 0.05) is 48.8 Å². The molecule has 1 saturated heterocycles.